The molecule has 0 heterocycles. The SMILES string of the molecule is CCOC(=O)c1ccc(CCCBr)cc1/C=C/C(=O)O. The molecule has 0 aliphatic rings. The fourth-order valence-corrected chi connectivity index (χ4v) is 2.01. The Morgan fingerprint density at radius 2 is 2.15 bits per heavy atom. The fourth-order valence-electron chi connectivity index (χ4n) is 1.73. The van der Waals surface area contributed by atoms with E-state index in [1.54, 1.807) is 13.0 Å². The van der Waals surface area contributed by atoms with Crippen LogP contribution in [-0.2, 0) is 16.0 Å². The van der Waals surface area contributed by atoms with E-state index in [9.17, 15) is 9.59 Å². The van der Waals surface area contributed by atoms with Gasteiger partial charge in [0.05, 0.1) is 12.2 Å². The van der Waals surface area contributed by atoms with Crippen LogP contribution < -0.4 is 0 Å². The third-order valence-electron chi connectivity index (χ3n) is 2.62. The van der Waals surface area contributed by atoms with Crippen molar-refractivity contribution < 1.29 is 19.4 Å². The van der Waals surface area contributed by atoms with E-state index in [1.165, 1.54) is 6.08 Å². The van der Waals surface area contributed by atoms with Crippen molar-refractivity contribution in [2.75, 3.05) is 11.9 Å². The van der Waals surface area contributed by atoms with E-state index in [4.69, 9.17) is 9.84 Å². The van der Waals surface area contributed by atoms with Crippen LogP contribution in [0.15, 0.2) is 24.3 Å². The van der Waals surface area contributed by atoms with Crippen LogP contribution in [-0.4, -0.2) is 29.0 Å². The van der Waals surface area contributed by atoms with Crippen LogP contribution in [0.1, 0.15) is 34.8 Å². The highest BCUT2D eigenvalue weighted by molar-refractivity contribution is 9.09. The zero-order chi connectivity index (χ0) is 15.0. The number of aliphatic carboxylic acids is 1. The molecule has 0 spiro atoms. The van der Waals surface area contributed by atoms with Crippen molar-refractivity contribution in [2.24, 2.45) is 0 Å². The molecule has 0 aromatic heterocycles. The number of hydrogen-bond donors (Lipinski definition) is 1. The zero-order valence-corrected chi connectivity index (χ0v) is 12.9. The summed E-state index contributed by atoms with van der Waals surface area (Å²) in [5, 5.41) is 9.60. The first-order valence-electron chi connectivity index (χ1n) is 6.35. The van der Waals surface area contributed by atoms with Crippen molar-refractivity contribution in [3.63, 3.8) is 0 Å². The summed E-state index contributed by atoms with van der Waals surface area (Å²) in [5.74, 6) is -1.49. The maximum atomic E-state index is 11.8. The third-order valence-corrected chi connectivity index (χ3v) is 3.18. The van der Waals surface area contributed by atoms with E-state index in [1.807, 2.05) is 12.1 Å². The van der Waals surface area contributed by atoms with Gasteiger partial charge in [0.15, 0.2) is 0 Å². The number of halogens is 1. The third kappa shape index (κ3) is 5.17. The second-order valence-electron chi connectivity index (χ2n) is 4.11. The number of rotatable bonds is 7. The predicted molar refractivity (Wildman–Crippen MR) is 81.2 cm³/mol. The molecule has 0 unspecified atom stereocenters. The summed E-state index contributed by atoms with van der Waals surface area (Å²) in [6, 6.07) is 5.38. The van der Waals surface area contributed by atoms with Crippen LogP contribution in [0.5, 0.6) is 0 Å². The monoisotopic (exact) mass is 340 g/mol. The van der Waals surface area contributed by atoms with Gasteiger partial charge in [0.25, 0.3) is 0 Å². The molecule has 0 radical (unpaired) electrons. The number of aryl methyl sites for hydroxylation is 1. The summed E-state index contributed by atoms with van der Waals surface area (Å²) < 4.78 is 4.97. The van der Waals surface area contributed by atoms with Gasteiger partial charge in [0.2, 0.25) is 0 Å². The molecule has 0 aliphatic carbocycles. The number of carboxylic acid groups (broad SMARTS) is 1. The first-order valence-corrected chi connectivity index (χ1v) is 7.47. The number of esters is 1. The molecule has 4 nitrogen and oxygen atoms in total. The van der Waals surface area contributed by atoms with Crippen LogP contribution in [0.2, 0.25) is 0 Å². The maximum absolute atomic E-state index is 11.8. The molecule has 0 amide bonds. The molecule has 1 N–H and O–H groups in total. The first-order chi connectivity index (χ1) is 9.58. The summed E-state index contributed by atoms with van der Waals surface area (Å²) >= 11 is 3.37. The summed E-state index contributed by atoms with van der Waals surface area (Å²) in [5.41, 5.74) is 2.01. The number of carboxylic acids is 1. The van der Waals surface area contributed by atoms with E-state index in [0.717, 1.165) is 29.8 Å². The van der Waals surface area contributed by atoms with Gasteiger partial charge in [-0.05, 0) is 43.0 Å². The average molecular weight is 341 g/mol. The molecule has 0 bridgehead atoms. The van der Waals surface area contributed by atoms with Crippen molar-refractivity contribution in [3.8, 4) is 0 Å². The van der Waals surface area contributed by atoms with Gasteiger partial charge in [-0.25, -0.2) is 9.59 Å². The van der Waals surface area contributed by atoms with Gasteiger partial charge in [-0.2, -0.15) is 0 Å². The second kappa shape index (κ2) is 8.53. The van der Waals surface area contributed by atoms with E-state index >= 15 is 0 Å². The topological polar surface area (TPSA) is 63.6 Å². The maximum Gasteiger partial charge on any atom is 0.338 e. The average Bonchev–Trinajstić information content (AvgIpc) is 2.43. The molecule has 108 valence electrons. The highest BCUT2D eigenvalue weighted by Crippen LogP contribution is 2.17. The van der Waals surface area contributed by atoms with Crippen LogP contribution in [0.4, 0.5) is 0 Å². The van der Waals surface area contributed by atoms with E-state index < -0.39 is 11.9 Å². The number of ether oxygens (including phenoxy) is 1. The lowest BCUT2D eigenvalue weighted by Crippen LogP contribution is -2.07. The molecule has 0 aliphatic heterocycles. The Morgan fingerprint density at radius 1 is 1.40 bits per heavy atom. The molecule has 0 atom stereocenters. The van der Waals surface area contributed by atoms with Crippen LogP contribution in [0.3, 0.4) is 0 Å². The highest BCUT2D eigenvalue weighted by atomic mass is 79.9. The van der Waals surface area contributed by atoms with Crippen molar-refractivity contribution in [1.82, 2.24) is 0 Å². The summed E-state index contributed by atoms with van der Waals surface area (Å²) in [6.07, 6.45) is 4.28. The smallest absolute Gasteiger partial charge is 0.338 e. The fraction of sp³-hybridized carbons (Fsp3) is 0.333. The number of alkyl halides is 1. The van der Waals surface area contributed by atoms with E-state index in [-0.39, 0.29) is 6.61 Å². The predicted octanol–water partition coefficient (Wildman–Crippen LogP) is 3.29. The molecular formula is C15H17BrO4. The van der Waals surface area contributed by atoms with Gasteiger partial charge in [-0.3, -0.25) is 0 Å². The van der Waals surface area contributed by atoms with Crippen molar-refractivity contribution in [2.45, 2.75) is 19.8 Å². The molecule has 20 heavy (non-hydrogen) atoms. The Morgan fingerprint density at radius 3 is 2.75 bits per heavy atom. The lowest BCUT2D eigenvalue weighted by Gasteiger charge is -2.08. The Hall–Kier alpha value is -1.62. The van der Waals surface area contributed by atoms with Gasteiger partial charge in [-0.1, -0.05) is 28.1 Å². The van der Waals surface area contributed by atoms with E-state index in [2.05, 4.69) is 15.9 Å². The van der Waals surface area contributed by atoms with Crippen molar-refractivity contribution in [3.05, 3.63) is 41.0 Å². The quantitative estimate of drug-likeness (QED) is 0.470. The van der Waals surface area contributed by atoms with E-state index in [0.29, 0.717) is 11.1 Å². The molecule has 1 rings (SSSR count). The van der Waals surface area contributed by atoms with Gasteiger partial charge >= 0.3 is 11.9 Å². The summed E-state index contributed by atoms with van der Waals surface area (Å²) in [6.45, 7) is 2.02. The molecular weight excluding hydrogens is 324 g/mol. The molecule has 0 saturated heterocycles. The molecule has 1 aromatic carbocycles. The highest BCUT2D eigenvalue weighted by Gasteiger charge is 2.11. The molecule has 0 saturated carbocycles. The molecule has 0 fully saturated rings. The largest absolute Gasteiger partial charge is 0.478 e. The van der Waals surface area contributed by atoms with Crippen LogP contribution >= 0.6 is 15.9 Å². The molecule has 1 aromatic rings. The number of carbonyl (C=O) groups is 2. The zero-order valence-electron chi connectivity index (χ0n) is 11.3. The van der Waals surface area contributed by atoms with Gasteiger partial charge < -0.3 is 9.84 Å². The minimum atomic E-state index is -1.05. The Kier molecular flexibility index (Phi) is 7.01. The number of carbonyl (C=O) groups excluding carboxylic acids is 1. The standard InChI is InChI=1S/C15H17BrO4/c1-2-20-15(19)13-7-5-11(4-3-9-16)10-12(13)6-8-14(17)18/h5-8,10H,2-4,9H2,1H3,(H,17,18)/b8-6+. The number of benzene rings is 1. The Bertz CT molecular complexity index is 509. The lowest BCUT2D eigenvalue weighted by atomic mass is 10.0. The first kappa shape index (κ1) is 16.4. The normalized spacial score (nSPS) is 10.7. The van der Waals surface area contributed by atoms with Crippen molar-refractivity contribution in [1.29, 1.82) is 0 Å². The van der Waals surface area contributed by atoms with Gasteiger partial charge in [-0.15, -0.1) is 0 Å². The van der Waals surface area contributed by atoms with Crippen molar-refractivity contribution >= 4 is 33.9 Å². The van der Waals surface area contributed by atoms with Crippen LogP contribution in [0, 0.1) is 0 Å². The minimum Gasteiger partial charge on any atom is -0.478 e. The Labute approximate surface area is 126 Å². The number of hydrogen-bond acceptors (Lipinski definition) is 3. The summed E-state index contributed by atoms with van der Waals surface area (Å²) in [7, 11) is 0. The van der Waals surface area contributed by atoms with Crippen LogP contribution in [0.25, 0.3) is 6.08 Å². The molecule has 5 heteroatoms. The van der Waals surface area contributed by atoms with Gasteiger partial charge in [0, 0.05) is 11.4 Å². The Balaban J connectivity index is 3.08. The van der Waals surface area contributed by atoms with Gasteiger partial charge in [0.1, 0.15) is 0 Å². The summed E-state index contributed by atoms with van der Waals surface area (Å²) in [4.78, 5) is 22.5. The second-order valence-corrected chi connectivity index (χ2v) is 4.90. The minimum absolute atomic E-state index is 0.284. The lowest BCUT2D eigenvalue weighted by molar-refractivity contribution is -0.131.